The third-order valence-electron chi connectivity index (χ3n) is 3.79. The summed E-state index contributed by atoms with van der Waals surface area (Å²) in [6, 6.07) is 7.55. The van der Waals surface area contributed by atoms with Crippen LogP contribution in [0.25, 0.3) is 0 Å². The Kier molecular flexibility index (Phi) is 5.51. The van der Waals surface area contributed by atoms with E-state index in [9.17, 15) is 4.79 Å². The summed E-state index contributed by atoms with van der Waals surface area (Å²) in [6.07, 6.45) is 2.11. The van der Waals surface area contributed by atoms with Crippen LogP contribution >= 0.6 is 23.5 Å². The molecule has 1 saturated heterocycles. The van der Waals surface area contributed by atoms with Crippen molar-refractivity contribution in [1.82, 2.24) is 14.1 Å². The summed E-state index contributed by atoms with van der Waals surface area (Å²) < 4.78 is 14.0. The van der Waals surface area contributed by atoms with Gasteiger partial charge in [0.2, 0.25) is 0 Å². The number of benzene rings is 1. The Balaban J connectivity index is 1.53. The van der Waals surface area contributed by atoms with Crippen molar-refractivity contribution in [3.63, 3.8) is 0 Å². The molecule has 122 valence electrons. The third-order valence-corrected chi connectivity index (χ3v) is 5.50. The summed E-state index contributed by atoms with van der Waals surface area (Å²) in [5.41, 5.74) is 2.42. The molecule has 0 bridgehead atoms. The van der Waals surface area contributed by atoms with Crippen LogP contribution in [0.1, 0.15) is 34.6 Å². The number of hydrogen-bond donors (Lipinski definition) is 1. The molecule has 1 aliphatic rings. The van der Waals surface area contributed by atoms with E-state index >= 15 is 0 Å². The van der Waals surface area contributed by atoms with Crippen LogP contribution < -0.4 is 10.1 Å². The third kappa shape index (κ3) is 4.45. The van der Waals surface area contributed by atoms with Gasteiger partial charge >= 0.3 is 0 Å². The van der Waals surface area contributed by atoms with Crippen LogP contribution in [-0.4, -0.2) is 32.2 Å². The van der Waals surface area contributed by atoms with Crippen LogP contribution in [0.4, 0.5) is 0 Å². The summed E-state index contributed by atoms with van der Waals surface area (Å²) in [5, 5.41) is 3.11. The summed E-state index contributed by atoms with van der Waals surface area (Å²) in [4.78, 5) is 12.2. The molecule has 1 amide bonds. The predicted molar refractivity (Wildman–Crippen MR) is 93.2 cm³/mol. The fourth-order valence-corrected chi connectivity index (χ4v) is 4.00. The molecule has 1 aliphatic heterocycles. The van der Waals surface area contributed by atoms with Crippen LogP contribution in [0.2, 0.25) is 0 Å². The lowest BCUT2D eigenvalue weighted by molar-refractivity contribution is 0.0935. The monoisotopic (exact) mass is 349 g/mol. The van der Waals surface area contributed by atoms with Gasteiger partial charge in [-0.2, -0.15) is 20.5 Å². The van der Waals surface area contributed by atoms with Gasteiger partial charge < -0.3 is 10.1 Å². The minimum Gasteiger partial charge on any atom is -0.487 e. The van der Waals surface area contributed by atoms with Gasteiger partial charge in [0.15, 0.2) is 0 Å². The number of ether oxygens (including phenoxy) is 1. The van der Waals surface area contributed by atoms with Gasteiger partial charge in [0.05, 0.1) is 17.4 Å². The van der Waals surface area contributed by atoms with E-state index in [4.69, 9.17) is 4.74 Å². The van der Waals surface area contributed by atoms with Gasteiger partial charge in [0.25, 0.3) is 5.91 Å². The second-order valence-corrected chi connectivity index (χ2v) is 7.22. The molecule has 3 rings (SSSR count). The number of hydrogen-bond acceptors (Lipinski definition) is 6. The number of thioether (sulfide) groups is 1. The van der Waals surface area contributed by atoms with E-state index in [1.165, 1.54) is 11.7 Å². The van der Waals surface area contributed by atoms with E-state index in [2.05, 4.69) is 14.1 Å². The van der Waals surface area contributed by atoms with Crippen molar-refractivity contribution in [2.24, 2.45) is 0 Å². The zero-order valence-corrected chi connectivity index (χ0v) is 14.6. The van der Waals surface area contributed by atoms with Crippen molar-refractivity contribution in [2.75, 3.05) is 11.5 Å². The molecule has 1 N–H and O–H groups in total. The molecular formula is C16H19N3O2S2. The fraction of sp³-hybridized carbons (Fsp3) is 0.438. The number of amides is 1. The first-order chi connectivity index (χ1) is 11.2. The van der Waals surface area contributed by atoms with Gasteiger partial charge in [0.1, 0.15) is 18.1 Å². The minimum absolute atomic E-state index is 0.00649. The maximum Gasteiger partial charge on any atom is 0.251 e. The van der Waals surface area contributed by atoms with Crippen LogP contribution in [0.3, 0.4) is 0 Å². The number of aromatic nitrogens is 2. The smallest absolute Gasteiger partial charge is 0.251 e. The topological polar surface area (TPSA) is 64.1 Å². The Morgan fingerprint density at radius 1 is 1.26 bits per heavy atom. The fourth-order valence-electron chi connectivity index (χ4n) is 2.35. The lowest BCUT2D eigenvalue weighted by Gasteiger charge is -2.22. The number of nitrogens with one attached hydrogen (secondary N) is 1. The predicted octanol–water partition coefficient (Wildman–Crippen LogP) is 3.05. The molecule has 0 unspecified atom stereocenters. The highest BCUT2D eigenvalue weighted by atomic mass is 32.2. The highest BCUT2D eigenvalue weighted by molar-refractivity contribution is 7.99. The lowest BCUT2D eigenvalue weighted by atomic mass is 10.1. The zero-order chi connectivity index (χ0) is 16.1. The summed E-state index contributed by atoms with van der Waals surface area (Å²) in [5.74, 6) is 2.97. The number of rotatable bonds is 5. The molecule has 1 fully saturated rings. The molecule has 5 nitrogen and oxygen atoms in total. The van der Waals surface area contributed by atoms with Gasteiger partial charge in [-0.3, -0.25) is 4.79 Å². The van der Waals surface area contributed by atoms with Crippen molar-refractivity contribution in [3.05, 3.63) is 41.2 Å². The molecule has 0 radical (unpaired) electrons. The molecule has 0 aliphatic carbocycles. The second kappa shape index (κ2) is 7.79. The number of aryl methyl sites for hydroxylation is 1. The molecule has 0 saturated carbocycles. The summed E-state index contributed by atoms with van der Waals surface area (Å²) in [6.45, 7) is 2.31. The van der Waals surface area contributed by atoms with Crippen molar-refractivity contribution < 1.29 is 9.53 Å². The molecule has 0 spiro atoms. The van der Waals surface area contributed by atoms with E-state index in [0.29, 0.717) is 18.2 Å². The van der Waals surface area contributed by atoms with Gasteiger partial charge in [-0.15, -0.1) is 0 Å². The normalized spacial score (nSPS) is 15.3. The molecule has 1 aromatic heterocycles. The maximum atomic E-state index is 12.2. The standard InChI is InChI=1S/C16H19N3O2S2/c1-11-15(19-23-18-11)10-21-14-4-2-12(3-5-14)16(20)17-13-6-8-22-9-7-13/h2-5,13H,6-10H2,1H3,(H,17,20). The Labute approximate surface area is 144 Å². The molecule has 23 heavy (non-hydrogen) atoms. The Morgan fingerprint density at radius 2 is 2.00 bits per heavy atom. The van der Waals surface area contributed by atoms with Crippen LogP contribution in [0, 0.1) is 6.92 Å². The van der Waals surface area contributed by atoms with E-state index in [1.807, 2.05) is 30.8 Å². The SMILES string of the molecule is Cc1nsnc1COc1ccc(C(=O)NC2CCSCC2)cc1. The first-order valence-electron chi connectivity index (χ1n) is 7.62. The first kappa shape index (κ1) is 16.3. The molecule has 7 heteroatoms. The summed E-state index contributed by atoms with van der Waals surface area (Å²) >= 11 is 3.14. The van der Waals surface area contributed by atoms with Gasteiger partial charge in [-0.05, 0) is 55.5 Å². The lowest BCUT2D eigenvalue weighted by Crippen LogP contribution is -2.37. The number of carbonyl (C=O) groups is 1. The van der Waals surface area contributed by atoms with E-state index in [-0.39, 0.29) is 5.91 Å². The number of carbonyl (C=O) groups excluding carboxylic acids is 1. The zero-order valence-electron chi connectivity index (χ0n) is 12.9. The van der Waals surface area contributed by atoms with Gasteiger partial charge in [-0.25, -0.2) is 0 Å². The van der Waals surface area contributed by atoms with Gasteiger partial charge in [-0.1, -0.05) is 0 Å². The average molecular weight is 349 g/mol. The minimum atomic E-state index is -0.00649. The van der Waals surface area contributed by atoms with E-state index in [1.54, 1.807) is 12.1 Å². The largest absolute Gasteiger partial charge is 0.487 e. The van der Waals surface area contributed by atoms with E-state index < -0.39 is 0 Å². The number of nitrogens with zero attached hydrogens (tertiary/aromatic N) is 2. The van der Waals surface area contributed by atoms with Crippen LogP contribution in [0.15, 0.2) is 24.3 Å². The molecule has 0 atom stereocenters. The Morgan fingerprint density at radius 3 is 2.65 bits per heavy atom. The summed E-state index contributed by atoms with van der Waals surface area (Å²) in [7, 11) is 0. The van der Waals surface area contributed by atoms with Crippen LogP contribution in [-0.2, 0) is 6.61 Å². The van der Waals surface area contributed by atoms with Crippen molar-refractivity contribution in [3.8, 4) is 5.75 Å². The molecular weight excluding hydrogens is 330 g/mol. The first-order valence-corrected chi connectivity index (χ1v) is 9.50. The highest BCUT2D eigenvalue weighted by Crippen LogP contribution is 2.18. The average Bonchev–Trinajstić information content (AvgIpc) is 2.99. The maximum absolute atomic E-state index is 12.2. The van der Waals surface area contributed by atoms with Crippen molar-refractivity contribution in [1.29, 1.82) is 0 Å². The molecule has 1 aromatic carbocycles. The van der Waals surface area contributed by atoms with Gasteiger partial charge in [0, 0.05) is 11.6 Å². The quantitative estimate of drug-likeness (QED) is 0.899. The van der Waals surface area contributed by atoms with Crippen LogP contribution in [0.5, 0.6) is 5.75 Å². The van der Waals surface area contributed by atoms with Crippen molar-refractivity contribution in [2.45, 2.75) is 32.4 Å². The Hall–Kier alpha value is -1.60. The Bertz CT molecular complexity index is 652. The molecule has 2 heterocycles. The highest BCUT2D eigenvalue weighted by Gasteiger charge is 2.16. The van der Waals surface area contributed by atoms with Crippen molar-refractivity contribution >= 4 is 29.4 Å². The second-order valence-electron chi connectivity index (χ2n) is 5.47. The van der Waals surface area contributed by atoms with E-state index in [0.717, 1.165) is 41.5 Å². The molecule has 2 aromatic rings.